The van der Waals surface area contributed by atoms with Gasteiger partial charge >= 0.3 is 0 Å². The third-order valence-electron chi connectivity index (χ3n) is 0. The minimum atomic E-state index is 0. The van der Waals surface area contributed by atoms with E-state index in [4.69, 9.17) is 4.79 Å². The summed E-state index contributed by atoms with van der Waals surface area (Å²) >= 11 is 0. The molecular formula is CH11FeO6-. The fraction of sp³-hybridized carbons (Fsp3) is 0. The van der Waals surface area contributed by atoms with Crippen molar-refractivity contribution in [1.29, 1.82) is 0 Å². The van der Waals surface area contributed by atoms with Gasteiger partial charge in [0.15, 0.2) is 0 Å². The van der Waals surface area contributed by atoms with E-state index in [0.29, 0.717) is 0 Å². The van der Waals surface area contributed by atoms with Crippen molar-refractivity contribution in [1.82, 2.24) is 0 Å². The molecule has 10 N–H and O–H groups in total. The number of hydrogen-bond acceptors (Lipinski definition) is 1. The van der Waals surface area contributed by atoms with Gasteiger partial charge < -0.3 is 32.2 Å². The summed E-state index contributed by atoms with van der Waals surface area (Å²) in [5.74, 6) is 0. The van der Waals surface area contributed by atoms with Crippen LogP contribution in [0.2, 0.25) is 0 Å². The van der Waals surface area contributed by atoms with Crippen LogP contribution in [0.4, 0.5) is 0 Å². The van der Waals surface area contributed by atoms with Crippen molar-refractivity contribution in [3.05, 3.63) is 0 Å². The monoisotopic (exact) mass is 175 g/mol. The van der Waals surface area contributed by atoms with E-state index in [2.05, 4.69) is 6.79 Å². The van der Waals surface area contributed by atoms with Crippen molar-refractivity contribution in [2.24, 2.45) is 0 Å². The van der Waals surface area contributed by atoms with Crippen LogP contribution >= 0.6 is 0 Å². The molecule has 0 unspecified atom stereocenters. The predicted octanol–water partition coefficient (Wildman–Crippen LogP) is -4.40. The van der Waals surface area contributed by atoms with E-state index in [-0.39, 0.29) is 44.4 Å². The summed E-state index contributed by atoms with van der Waals surface area (Å²) in [6.45, 7) is 3.25. The summed E-state index contributed by atoms with van der Waals surface area (Å²) in [5.41, 5.74) is 0. The molecule has 0 saturated carbocycles. The zero-order chi connectivity index (χ0) is 2.00. The first-order chi connectivity index (χ1) is 1.00. The second-order valence-corrected chi connectivity index (χ2v) is 0. The summed E-state index contributed by atoms with van der Waals surface area (Å²) in [7, 11) is 0. The fourth-order valence-electron chi connectivity index (χ4n) is 0. The van der Waals surface area contributed by atoms with Gasteiger partial charge in [0.2, 0.25) is 0 Å². The molecule has 0 aliphatic heterocycles. The second kappa shape index (κ2) is 2270000. The zero-order valence-corrected chi connectivity index (χ0v) is 4.94. The van der Waals surface area contributed by atoms with Crippen LogP contribution in [0, 0.1) is 0 Å². The Morgan fingerprint density at radius 1 is 0.625 bits per heavy atom. The first-order valence-electron chi connectivity index (χ1n) is 0.236. The van der Waals surface area contributed by atoms with Crippen molar-refractivity contribution < 1.29 is 49.2 Å². The Kier molecular flexibility index (Phi) is 113000000. The molecule has 0 heterocycles. The van der Waals surface area contributed by atoms with Crippen LogP contribution in [0.1, 0.15) is 0 Å². The Bertz CT molecular complexity index is 8.49. The maximum Gasteiger partial charge on any atom is 0 e. The molecular weight excluding hydrogens is 164 g/mol. The number of hydrogen-bond donors (Lipinski definition) is 0. The van der Waals surface area contributed by atoms with E-state index in [1.54, 1.807) is 0 Å². The standard InChI is InChI=1S/CHO.Fe.5H2O/c1-2;;;;;;/h1H;;5*1H2/q-1;;;;;;. The molecule has 0 rings (SSSR count). The average Bonchev–Trinajstić information content (AvgIpc) is 1.00. The summed E-state index contributed by atoms with van der Waals surface area (Å²) in [4.78, 5) is 7.75. The van der Waals surface area contributed by atoms with Crippen LogP contribution in [0.25, 0.3) is 0 Å². The van der Waals surface area contributed by atoms with Gasteiger partial charge in [-0.25, -0.2) is 0 Å². The second-order valence-electron chi connectivity index (χ2n) is 0. The van der Waals surface area contributed by atoms with Crippen molar-refractivity contribution >= 4 is 6.79 Å². The molecule has 6 nitrogen and oxygen atoms in total. The largest absolute Gasteiger partial charge is 0.545 e. The van der Waals surface area contributed by atoms with E-state index in [9.17, 15) is 0 Å². The van der Waals surface area contributed by atoms with Crippen LogP contribution in [0.15, 0.2) is 0 Å². The Morgan fingerprint density at radius 3 is 0.625 bits per heavy atom. The quantitative estimate of drug-likeness (QED) is 0.201. The molecule has 0 fully saturated rings. The minimum Gasteiger partial charge on any atom is -0.545 e. The van der Waals surface area contributed by atoms with Crippen LogP contribution in [-0.2, 0) is 21.9 Å². The molecule has 0 bridgehead atoms. The van der Waals surface area contributed by atoms with Gasteiger partial charge in [0.1, 0.15) is 0 Å². The SMILES string of the molecule is O.O.O.O.O.[CH-]=O.[Fe]. The number of rotatable bonds is 0. The van der Waals surface area contributed by atoms with E-state index in [1.807, 2.05) is 0 Å². The van der Waals surface area contributed by atoms with Crippen LogP contribution in [0.3, 0.4) is 0 Å². The van der Waals surface area contributed by atoms with Gasteiger partial charge in [-0.1, -0.05) is 0 Å². The first-order valence-corrected chi connectivity index (χ1v) is 0.236. The Hall–Kier alpha value is -0.0105. The van der Waals surface area contributed by atoms with Gasteiger partial charge in [-0.2, -0.15) is 0 Å². The molecule has 0 aliphatic rings. The van der Waals surface area contributed by atoms with Gasteiger partial charge in [0.25, 0.3) is 0 Å². The Labute approximate surface area is 56.9 Å². The molecule has 0 spiro atoms. The Morgan fingerprint density at radius 2 is 0.625 bits per heavy atom. The molecule has 0 amide bonds. The summed E-state index contributed by atoms with van der Waals surface area (Å²) < 4.78 is 0. The van der Waals surface area contributed by atoms with E-state index < -0.39 is 0 Å². The van der Waals surface area contributed by atoms with E-state index in [0.717, 1.165) is 0 Å². The molecule has 0 saturated heterocycles. The van der Waals surface area contributed by atoms with Crippen molar-refractivity contribution in [3.8, 4) is 0 Å². The van der Waals surface area contributed by atoms with E-state index >= 15 is 0 Å². The maximum absolute atomic E-state index is 7.75. The minimum absolute atomic E-state index is 0. The first kappa shape index (κ1) is 399. The average molecular weight is 175 g/mol. The number of carbonyl (C=O) groups excluding carboxylic acids is 1. The van der Waals surface area contributed by atoms with Gasteiger partial charge in [-0.05, 0) is 0 Å². The molecule has 60 valence electrons. The van der Waals surface area contributed by atoms with Gasteiger partial charge in [0, 0.05) is 17.1 Å². The summed E-state index contributed by atoms with van der Waals surface area (Å²) in [6.07, 6.45) is 0. The normalized spacial score (nSPS) is 0.500. The fourth-order valence-corrected chi connectivity index (χ4v) is 0. The Balaban J connectivity index is -0.000000000333. The van der Waals surface area contributed by atoms with Crippen molar-refractivity contribution in [3.63, 3.8) is 0 Å². The molecule has 0 aliphatic carbocycles. The van der Waals surface area contributed by atoms with Crippen molar-refractivity contribution in [2.45, 2.75) is 0 Å². The van der Waals surface area contributed by atoms with Gasteiger partial charge in [-0.15, -0.1) is 0 Å². The van der Waals surface area contributed by atoms with Gasteiger partial charge in [-0.3, -0.25) is 6.79 Å². The topological polar surface area (TPSA) is 175 Å². The molecule has 8 heavy (non-hydrogen) atoms. The van der Waals surface area contributed by atoms with E-state index in [1.165, 1.54) is 0 Å². The molecule has 0 atom stereocenters. The van der Waals surface area contributed by atoms with Crippen LogP contribution in [0.5, 0.6) is 0 Å². The molecule has 0 aromatic carbocycles. The maximum atomic E-state index is 7.75. The van der Waals surface area contributed by atoms with Crippen LogP contribution < -0.4 is 0 Å². The summed E-state index contributed by atoms with van der Waals surface area (Å²) in [5, 5.41) is 0. The smallest absolute Gasteiger partial charge is 0 e. The molecule has 7 heteroatoms. The predicted molar refractivity (Wildman–Crippen MR) is 24.8 cm³/mol. The third kappa shape index (κ3) is 1350000. The molecule has 0 aromatic rings. The zero-order valence-electron chi connectivity index (χ0n) is 3.84. The molecule has 0 aromatic heterocycles. The van der Waals surface area contributed by atoms with Crippen LogP contribution in [-0.4, -0.2) is 34.2 Å². The van der Waals surface area contributed by atoms with Crippen molar-refractivity contribution in [2.75, 3.05) is 0 Å². The molecule has 0 radical (unpaired) electrons. The third-order valence-corrected chi connectivity index (χ3v) is 0. The summed E-state index contributed by atoms with van der Waals surface area (Å²) in [6, 6.07) is 0. The van der Waals surface area contributed by atoms with Gasteiger partial charge in [0.05, 0.1) is 0 Å².